The first-order valence-electron chi connectivity index (χ1n) is 9.74. The summed E-state index contributed by atoms with van der Waals surface area (Å²) in [6, 6.07) is 17.9. The Morgan fingerprint density at radius 1 is 1.10 bits per heavy atom. The molecule has 0 radical (unpaired) electrons. The number of amides is 2. The first kappa shape index (κ1) is 21.0. The van der Waals surface area contributed by atoms with Crippen molar-refractivity contribution in [3.63, 3.8) is 0 Å². The summed E-state index contributed by atoms with van der Waals surface area (Å²) in [4.78, 5) is 23.6. The van der Waals surface area contributed by atoms with Gasteiger partial charge in [-0.2, -0.15) is 10.2 Å². The van der Waals surface area contributed by atoms with Crippen molar-refractivity contribution in [2.45, 2.75) is 33.4 Å². The lowest BCUT2D eigenvalue weighted by Crippen LogP contribution is -2.41. The zero-order chi connectivity index (χ0) is 21.5. The molecule has 0 saturated carbocycles. The summed E-state index contributed by atoms with van der Waals surface area (Å²) in [7, 11) is 0. The lowest BCUT2D eigenvalue weighted by molar-refractivity contribution is -0.139. The van der Waals surface area contributed by atoms with E-state index in [0.717, 1.165) is 27.9 Å². The third kappa shape index (κ3) is 5.64. The van der Waals surface area contributed by atoms with Crippen LogP contribution in [-0.4, -0.2) is 33.9 Å². The van der Waals surface area contributed by atoms with E-state index in [0.29, 0.717) is 6.54 Å². The number of hydrogen-bond acceptors (Lipinski definition) is 4. The lowest BCUT2D eigenvalue weighted by Gasteiger charge is -2.06. The van der Waals surface area contributed by atoms with Crippen molar-refractivity contribution in [1.29, 1.82) is 0 Å². The van der Waals surface area contributed by atoms with Crippen molar-refractivity contribution in [3.05, 3.63) is 77.5 Å². The quantitative estimate of drug-likeness (QED) is 0.377. The summed E-state index contributed by atoms with van der Waals surface area (Å²) in [6.45, 7) is 6.19. The number of aromatic nitrogens is 2. The topological polar surface area (TPSA) is 88.4 Å². The molecule has 0 saturated heterocycles. The Bertz CT molecular complexity index is 1050. The van der Waals surface area contributed by atoms with Crippen LogP contribution in [0.3, 0.4) is 0 Å². The van der Waals surface area contributed by atoms with E-state index >= 15 is 0 Å². The van der Waals surface area contributed by atoms with Gasteiger partial charge in [0.1, 0.15) is 5.69 Å². The number of hydrogen-bond donors (Lipinski definition) is 2. The van der Waals surface area contributed by atoms with E-state index in [2.05, 4.69) is 15.8 Å². The summed E-state index contributed by atoms with van der Waals surface area (Å²) in [6.07, 6.45) is 3.38. The molecular formula is C23H25N5O2. The molecule has 1 heterocycles. The molecule has 0 atom stereocenters. The zero-order valence-corrected chi connectivity index (χ0v) is 17.3. The molecule has 0 fully saturated rings. The van der Waals surface area contributed by atoms with E-state index in [4.69, 9.17) is 5.10 Å². The fraction of sp³-hybridized carbons (Fsp3) is 0.217. The minimum Gasteiger partial charge on any atom is -0.346 e. The number of aryl methyl sites for hydroxylation is 1. The van der Waals surface area contributed by atoms with Crippen molar-refractivity contribution >= 4 is 18.0 Å². The molecule has 0 unspecified atom stereocenters. The average Bonchev–Trinajstić information content (AvgIpc) is 3.10. The van der Waals surface area contributed by atoms with Gasteiger partial charge >= 0.3 is 11.8 Å². The van der Waals surface area contributed by atoms with Crippen LogP contribution in [0.2, 0.25) is 0 Å². The fourth-order valence-electron chi connectivity index (χ4n) is 2.94. The largest absolute Gasteiger partial charge is 0.346 e. The summed E-state index contributed by atoms with van der Waals surface area (Å²) < 4.78 is 1.83. The zero-order valence-electron chi connectivity index (χ0n) is 17.3. The average molecular weight is 403 g/mol. The molecule has 2 N–H and O–H groups in total. The van der Waals surface area contributed by atoms with Crippen molar-refractivity contribution in [2.24, 2.45) is 5.10 Å². The van der Waals surface area contributed by atoms with Gasteiger partial charge in [-0.3, -0.25) is 14.3 Å². The predicted octanol–water partition coefficient (Wildman–Crippen LogP) is 2.88. The molecule has 0 spiro atoms. The van der Waals surface area contributed by atoms with Gasteiger partial charge in [0.2, 0.25) is 0 Å². The van der Waals surface area contributed by atoms with Gasteiger partial charge < -0.3 is 5.32 Å². The molecule has 7 heteroatoms. The molecule has 30 heavy (non-hydrogen) atoms. The molecule has 0 aliphatic carbocycles. The monoisotopic (exact) mass is 403 g/mol. The SMILES string of the molecule is Cc1cccc(-c2nn(Cc3ccccc3)cc2/C=N\NC(=O)C(=O)NC(C)C)c1. The molecule has 2 amide bonds. The summed E-state index contributed by atoms with van der Waals surface area (Å²) in [5.74, 6) is -1.53. The molecule has 7 nitrogen and oxygen atoms in total. The Morgan fingerprint density at radius 2 is 1.87 bits per heavy atom. The minimum atomic E-state index is -0.811. The maximum atomic E-state index is 11.9. The summed E-state index contributed by atoms with van der Waals surface area (Å²) in [5.41, 5.74) is 6.94. The first-order chi connectivity index (χ1) is 14.4. The summed E-state index contributed by atoms with van der Waals surface area (Å²) in [5, 5.41) is 11.2. The highest BCUT2D eigenvalue weighted by Crippen LogP contribution is 2.22. The van der Waals surface area contributed by atoms with Gasteiger partial charge in [-0.05, 0) is 32.4 Å². The second-order valence-electron chi connectivity index (χ2n) is 7.31. The van der Waals surface area contributed by atoms with E-state index in [1.807, 2.05) is 72.4 Å². The molecule has 1 aromatic heterocycles. The van der Waals surface area contributed by atoms with Gasteiger partial charge in [0.25, 0.3) is 0 Å². The fourth-order valence-corrected chi connectivity index (χ4v) is 2.94. The van der Waals surface area contributed by atoms with E-state index in [-0.39, 0.29) is 6.04 Å². The molecule has 0 aliphatic heterocycles. The van der Waals surface area contributed by atoms with Crippen LogP contribution in [0.4, 0.5) is 0 Å². The van der Waals surface area contributed by atoms with Gasteiger partial charge in [-0.1, -0.05) is 54.1 Å². The van der Waals surface area contributed by atoms with Crippen molar-refractivity contribution < 1.29 is 9.59 Å². The Labute approximate surface area is 175 Å². The van der Waals surface area contributed by atoms with Crippen LogP contribution in [-0.2, 0) is 16.1 Å². The van der Waals surface area contributed by atoms with Gasteiger partial charge in [0.15, 0.2) is 0 Å². The van der Waals surface area contributed by atoms with E-state index in [1.54, 1.807) is 13.8 Å². The van der Waals surface area contributed by atoms with Crippen LogP contribution in [0.15, 0.2) is 65.9 Å². The van der Waals surface area contributed by atoms with Crippen LogP contribution >= 0.6 is 0 Å². The van der Waals surface area contributed by atoms with E-state index < -0.39 is 11.8 Å². The third-order valence-electron chi connectivity index (χ3n) is 4.26. The minimum absolute atomic E-state index is 0.128. The molecule has 2 aromatic carbocycles. The van der Waals surface area contributed by atoms with Crippen LogP contribution in [0.25, 0.3) is 11.3 Å². The highest BCUT2D eigenvalue weighted by Gasteiger charge is 2.14. The van der Waals surface area contributed by atoms with Gasteiger partial charge in [0.05, 0.1) is 12.8 Å². The maximum absolute atomic E-state index is 11.9. The Hall–Kier alpha value is -3.74. The smallest absolute Gasteiger partial charge is 0.329 e. The van der Waals surface area contributed by atoms with Crippen LogP contribution in [0.1, 0.15) is 30.5 Å². The molecule has 154 valence electrons. The molecule has 0 aliphatic rings. The Morgan fingerprint density at radius 3 is 2.57 bits per heavy atom. The van der Waals surface area contributed by atoms with Crippen molar-refractivity contribution in [2.75, 3.05) is 0 Å². The second kappa shape index (κ2) is 9.65. The molecule has 3 rings (SSSR count). The van der Waals surface area contributed by atoms with Gasteiger partial charge in [-0.15, -0.1) is 0 Å². The first-order valence-corrected chi connectivity index (χ1v) is 9.74. The van der Waals surface area contributed by atoms with Crippen molar-refractivity contribution in [3.8, 4) is 11.3 Å². The number of nitrogens with one attached hydrogen (secondary N) is 2. The number of rotatable bonds is 6. The predicted molar refractivity (Wildman–Crippen MR) is 117 cm³/mol. The number of benzene rings is 2. The van der Waals surface area contributed by atoms with Crippen molar-refractivity contribution in [1.82, 2.24) is 20.5 Å². The van der Waals surface area contributed by atoms with E-state index in [9.17, 15) is 9.59 Å². The molecule has 0 bridgehead atoms. The van der Waals surface area contributed by atoms with E-state index in [1.165, 1.54) is 6.21 Å². The number of nitrogens with zero attached hydrogens (tertiary/aromatic N) is 3. The second-order valence-corrected chi connectivity index (χ2v) is 7.31. The van der Waals surface area contributed by atoms with Crippen LogP contribution < -0.4 is 10.7 Å². The highest BCUT2D eigenvalue weighted by atomic mass is 16.2. The number of carbonyl (C=O) groups excluding carboxylic acids is 2. The normalized spacial score (nSPS) is 11.1. The maximum Gasteiger partial charge on any atom is 0.329 e. The highest BCUT2D eigenvalue weighted by molar-refractivity contribution is 6.35. The number of carbonyl (C=O) groups is 2. The van der Waals surface area contributed by atoms with Crippen LogP contribution in [0, 0.1) is 6.92 Å². The number of hydrazone groups is 1. The Balaban J connectivity index is 1.84. The van der Waals surface area contributed by atoms with Crippen LogP contribution in [0.5, 0.6) is 0 Å². The Kier molecular flexibility index (Phi) is 6.75. The lowest BCUT2D eigenvalue weighted by atomic mass is 10.1. The van der Waals surface area contributed by atoms with Gasteiger partial charge in [-0.25, -0.2) is 5.43 Å². The standard InChI is InChI=1S/C23H25N5O2/c1-16(2)25-22(29)23(30)26-24-13-20-15-28(14-18-9-5-4-6-10-18)27-21(20)19-11-7-8-17(3)12-19/h4-13,15-16H,14H2,1-3H3,(H,25,29)(H,26,30)/b24-13-. The molecule has 3 aromatic rings. The molecular weight excluding hydrogens is 378 g/mol. The van der Waals surface area contributed by atoms with Gasteiger partial charge in [0, 0.05) is 23.4 Å². The third-order valence-corrected chi connectivity index (χ3v) is 4.26. The summed E-state index contributed by atoms with van der Waals surface area (Å²) >= 11 is 0.